The van der Waals surface area contributed by atoms with E-state index >= 15 is 0 Å². The molecule has 20 heavy (non-hydrogen) atoms. The van der Waals surface area contributed by atoms with Gasteiger partial charge in [-0.25, -0.2) is 4.39 Å². The lowest BCUT2D eigenvalue weighted by Gasteiger charge is -2.38. The molecule has 0 amide bonds. The summed E-state index contributed by atoms with van der Waals surface area (Å²) in [6.07, 6.45) is 9.16. The monoisotopic (exact) mass is 274 g/mol. The maximum absolute atomic E-state index is 13.2. The van der Waals surface area contributed by atoms with Gasteiger partial charge in [-0.1, -0.05) is 37.8 Å². The average Bonchev–Trinajstić information content (AvgIpc) is 2.47. The Labute approximate surface area is 120 Å². The maximum atomic E-state index is 13.2. The normalized spacial score (nSPS) is 29.8. The third-order valence-corrected chi connectivity index (χ3v) is 5.26. The van der Waals surface area contributed by atoms with Crippen LogP contribution in [0, 0.1) is 23.6 Å². The van der Waals surface area contributed by atoms with Crippen LogP contribution in [0.3, 0.4) is 0 Å². The molecule has 1 aromatic carbocycles. The van der Waals surface area contributed by atoms with Crippen LogP contribution < -0.4 is 0 Å². The number of carbonyl (C=O) groups is 1. The lowest BCUT2D eigenvalue weighted by atomic mass is 9.66. The third-order valence-electron chi connectivity index (χ3n) is 5.26. The van der Waals surface area contributed by atoms with E-state index < -0.39 is 0 Å². The Morgan fingerprint density at radius 3 is 2.70 bits per heavy atom. The molecule has 1 aromatic rings. The summed E-state index contributed by atoms with van der Waals surface area (Å²) in [6.45, 7) is 0. The van der Waals surface area contributed by atoms with Crippen molar-refractivity contribution in [2.75, 3.05) is 0 Å². The molecule has 2 saturated carbocycles. The van der Waals surface area contributed by atoms with Crippen molar-refractivity contribution >= 4 is 5.78 Å². The number of carbonyl (C=O) groups excluding carboxylic acids is 1. The minimum absolute atomic E-state index is 0.220. The van der Waals surface area contributed by atoms with Crippen LogP contribution in [0.5, 0.6) is 0 Å². The summed E-state index contributed by atoms with van der Waals surface area (Å²) >= 11 is 0. The van der Waals surface area contributed by atoms with Gasteiger partial charge in [0, 0.05) is 12.3 Å². The molecule has 3 unspecified atom stereocenters. The molecule has 2 aliphatic carbocycles. The molecular formula is C18H23FO. The Kier molecular flexibility index (Phi) is 4.18. The number of halogens is 1. The van der Waals surface area contributed by atoms with Crippen LogP contribution in [-0.2, 0) is 11.2 Å². The van der Waals surface area contributed by atoms with Crippen LogP contribution in [0.4, 0.5) is 4.39 Å². The van der Waals surface area contributed by atoms with Gasteiger partial charge in [0.05, 0.1) is 0 Å². The van der Waals surface area contributed by atoms with E-state index in [9.17, 15) is 9.18 Å². The highest BCUT2D eigenvalue weighted by atomic mass is 19.1. The molecule has 0 N–H and O–H groups in total. The molecule has 0 radical (unpaired) electrons. The Bertz CT molecular complexity index is 482. The van der Waals surface area contributed by atoms with Crippen molar-refractivity contribution in [3.05, 3.63) is 35.6 Å². The number of fused-ring (bicyclic) bond motifs is 1. The van der Waals surface area contributed by atoms with Crippen LogP contribution in [0.1, 0.15) is 50.5 Å². The second-order valence-electron chi connectivity index (χ2n) is 6.59. The topological polar surface area (TPSA) is 17.1 Å². The van der Waals surface area contributed by atoms with Gasteiger partial charge in [-0.05, 0) is 48.8 Å². The van der Waals surface area contributed by atoms with Gasteiger partial charge in [0.1, 0.15) is 11.6 Å². The molecule has 1 nitrogen and oxygen atoms in total. The highest BCUT2D eigenvalue weighted by molar-refractivity contribution is 5.83. The SMILES string of the molecule is O=C(Cc1cccc(F)c1)C1CCC2CCCCC2C1. The maximum Gasteiger partial charge on any atom is 0.140 e. The lowest BCUT2D eigenvalue weighted by Crippen LogP contribution is -2.31. The summed E-state index contributed by atoms with van der Waals surface area (Å²) in [4.78, 5) is 12.4. The van der Waals surface area contributed by atoms with Crippen LogP contribution in [0.15, 0.2) is 24.3 Å². The molecule has 108 valence electrons. The lowest BCUT2D eigenvalue weighted by molar-refractivity contribution is -0.124. The second kappa shape index (κ2) is 6.07. The fraction of sp³-hybridized carbons (Fsp3) is 0.611. The van der Waals surface area contributed by atoms with Crippen molar-refractivity contribution in [1.82, 2.24) is 0 Å². The summed E-state index contributed by atoms with van der Waals surface area (Å²) < 4.78 is 13.2. The molecular weight excluding hydrogens is 251 g/mol. The third kappa shape index (κ3) is 3.11. The van der Waals surface area contributed by atoms with E-state index in [1.165, 1.54) is 44.2 Å². The molecule has 2 aliphatic rings. The van der Waals surface area contributed by atoms with Gasteiger partial charge in [0.15, 0.2) is 0 Å². The smallest absolute Gasteiger partial charge is 0.140 e. The average molecular weight is 274 g/mol. The van der Waals surface area contributed by atoms with Crippen molar-refractivity contribution in [2.45, 2.75) is 51.4 Å². The molecule has 3 atom stereocenters. The van der Waals surface area contributed by atoms with E-state index in [1.807, 2.05) is 6.07 Å². The van der Waals surface area contributed by atoms with Crippen LogP contribution in [0.25, 0.3) is 0 Å². The highest BCUT2D eigenvalue weighted by Gasteiger charge is 2.34. The minimum Gasteiger partial charge on any atom is -0.299 e. The Morgan fingerprint density at radius 1 is 1.10 bits per heavy atom. The quantitative estimate of drug-likeness (QED) is 0.790. The van der Waals surface area contributed by atoms with Gasteiger partial charge in [0.2, 0.25) is 0 Å². The fourth-order valence-electron chi connectivity index (χ4n) is 4.16. The summed E-state index contributed by atoms with van der Waals surface area (Å²) in [5.41, 5.74) is 0.820. The molecule has 0 spiro atoms. The first kappa shape index (κ1) is 13.8. The zero-order chi connectivity index (χ0) is 13.9. The van der Waals surface area contributed by atoms with Crippen LogP contribution >= 0.6 is 0 Å². The minimum atomic E-state index is -0.244. The van der Waals surface area contributed by atoms with Gasteiger partial charge in [0.25, 0.3) is 0 Å². The number of benzene rings is 1. The van der Waals surface area contributed by atoms with Crippen molar-refractivity contribution in [1.29, 1.82) is 0 Å². The molecule has 2 fully saturated rings. The standard InChI is InChI=1S/C18H23FO/c19-17-7-3-4-13(10-17)11-18(20)16-9-8-14-5-1-2-6-15(14)12-16/h3-4,7,10,14-16H,1-2,5-6,8-9,11-12H2. The number of hydrogen-bond donors (Lipinski definition) is 0. The van der Waals surface area contributed by atoms with Crippen molar-refractivity contribution in [3.63, 3.8) is 0 Å². The summed E-state index contributed by atoms with van der Waals surface area (Å²) in [6, 6.07) is 6.47. The van der Waals surface area contributed by atoms with E-state index in [0.717, 1.165) is 30.2 Å². The zero-order valence-corrected chi connectivity index (χ0v) is 12.0. The molecule has 0 bridgehead atoms. The summed E-state index contributed by atoms with van der Waals surface area (Å²) in [5.74, 6) is 1.95. The van der Waals surface area contributed by atoms with Crippen molar-refractivity contribution in [2.24, 2.45) is 17.8 Å². The number of hydrogen-bond acceptors (Lipinski definition) is 1. The number of Topliss-reactive ketones (excluding diaryl/α,β-unsaturated/α-hetero) is 1. The Hall–Kier alpha value is -1.18. The zero-order valence-electron chi connectivity index (χ0n) is 12.0. The Balaban J connectivity index is 1.60. The number of rotatable bonds is 3. The van der Waals surface area contributed by atoms with Crippen LogP contribution in [0.2, 0.25) is 0 Å². The second-order valence-corrected chi connectivity index (χ2v) is 6.59. The van der Waals surface area contributed by atoms with Gasteiger partial charge >= 0.3 is 0 Å². The predicted molar refractivity (Wildman–Crippen MR) is 77.9 cm³/mol. The molecule has 3 rings (SSSR count). The van der Waals surface area contributed by atoms with E-state index in [0.29, 0.717) is 12.2 Å². The highest BCUT2D eigenvalue weighted by Crippen LogP contribution is 2.43. The van der Waals surface area contributed by atoms with Crippen molar-refractivity contribution in [3.8, 4) is 0 Å². The van der Waals surface area contributed by atoms with Gasteiger partial charge < -0.3 is 0 Å². The fourth-order valence-corrected chi connectivity index (χ4v) is 4.16. The Morgan fingerprint density at radius 2 is 1.90 bits per heavy atom. The van der Waals surface area contributed by atoms with Gasteiger partial charge in [-0.3, -0.25) is 4.79 Å². The number of ketones is 1. The first-order valence-corrected chi connectivity index (χ1v) is 7.99. The molecule has 0 heterocycles. The summed E-state index contributed by atoms with van der Waals surface area (Å²) in [5, 5.41) is 0. The molecule has 0 aromatic heterocycles. The van der Waals surface area contributed by atoms with Gasteiger partial charge in [-0.15, -0.1) is 0 Å². The van der Waals surface area contributed by atoms with E-state index in [2.05, 4.69) is 0 Å². The largest absolute Gasteiger partial charge is 0.299 e. The first-order valence-electron chi connectivity index (χ1n) is 7.99. The van der Waals surface area contributed by atoms with Crippen LogP contribution in [-0.4, -0.2) is 5.78 Å². The van der Waals surface area contributed by atoms with E-state index in [4.69, 9.17) is 0 Å². The molecule has 2 heteroatoms. The van der Waals surface area contributed by atoms with E-state index in [1.54, 1.807) is 6.07 Å². The van der Waals surface area contributed by atoms with Gasteiger partial charge in [-0.2, -0.15) is 0 Å². The first-order chi connectivity index (χ1) is 9.72. The molecule has 0 aliphatic heterocycles. The molecule has 0 saturated heterocycles. The summed E-state index contributed by atoms with van der Waals surface area (Å²) in [7, 11) is 0. The van der Waals surface area contributed by atoms with E-state index in [-0.39, 0.29) is 11.7 Å². The van der Waals surface area contributed by atoms with Crippen molar-refractivity contribution < 1.29 is 9.18 Å². The predicted octanol–water partition coefficient (Wildman–Crippen LogP) is 4.54.